The summed E-state index contributed by atoms with van der Waals surface area (Å²) >= 11 is 1.17. The lowest BCUT2D eigenvalue weighted by Gasteiger charge is -2.18. The number of likely N-dealkylation sites (N-methyl/N-ethyl adjacent to an activating group) is 1. The molecule has 1 atom stereocenters. The molecule has 1 unspecified atom stereocenters. The van der Waals surface area contributed by atoms with E-state index < -0.39 is 24.1 Å². The largest absolute Gasteiger partial charge is 0.432 e. The number of urea groups is 1. The highest BCUT2D eigenvalue weighted by Gasteiger charge is 2.49. The zero-order chi connectivity index (χ0) is 16.7. The van der Waals surface area contributed by atoms with Gasteiger partial charge in [0.2, 0.25) is 5.13 Å². The monoisotopic (exact) mass is 326 g/mol. The van der Waals surface area contributed by atoms with Crippen LogP contribution in [0.2, 0.25) is 0 Å². The van der Waals surface area contributed by atoms with Crippen LogP contribution in [0.25, 0.3) is 0 Å². The molecule has 0 radical (unpaired) electrons. The molecule has 120 valence electrons. The number of hydrogen-bond donors (Lipinski definition) is 0. The normalized spacial score (nSPS) is 19.0. The zero-order valence-corrected chi connectivity index (χ0v) is 13.9. The minimum absolute atomic E-state index is 0.188. The Bertz CT molecular complexity index is 622. The molecule has 0 bridgehead atoms. The maximum absolute atomic E-state index is 12.4. The number of nitrogens with zero attached hydrogens (tertiary/aromatic N) is 4. The van der Waals surface area contributed by atoms with E-state index in [9.17, 15) is 14.4 Å². The van der Waals surface area contributed by atoms with E-state index in [1.807, 2.05) is 20.8 Å². The lowest BCUT2D eigenvalue weighted by atomic mass is 9.98. The number of carbonyl (C=O) groups excluding carboxylic acids is 3. The van der Waals surface area contributed by atoms with Crippen LogP contribution in [-0.2, 0) is 19.7 Å². The predicted molar refractivity (Wildman–Crippen MR) is 79.4 cm³/mol. The first-order valence-electron chi connectivity index (χ1n) is 6.82. The lowest BCUT2D eigenvalue weighted by Crippen LogP contribution is -2.38. The van der Waals surface area contributed by atoms with Crippen molar-refractivity contribution < 1.29 is 19.1 Å². The van der Waals surface area contributed by atoms with Crippen LogP contribution in [0.15, 0.2) is 0 Å². The molecule has 0 saturated carbocycles. The Balaban J connectivity index is 2.35. The maximum Gasteiger partial charge on any atom is 0.336 e. The smallest absolute Gasteiger partial charge is 0.336 e. The molecule has 8 nitrogen and oxygen atoms in total. The minimum Gasteiger partial charge on any atom is -0.432 e. The summed E-state index contributed by atoms with van der Waals surface area (Å²) in [6.07, 6.45) is -1.24. The summed E-state index contributed by atoms with van der Waals surface area (Å²) in [5.41, 5.74) is -0.235. The second-order valence-corrected chi connectivity index (χ2v) is 6.80. The molecule has 2 heterocycles. The topological polar surface area (TPSA) is 92.7 Å². The fourth-order valence-electron chi connectivity index (χ4n) is 1.92. The summed E-state index contributed by atoms with van der Waals surface area (Å²) in [5.74, 6) is -1.25. The van der Waals surface area contributed by atoms with Crippen molar-refractivity contribution in [3.05, 3.63) is 5.01 Å². The van der Waals surface area contributed by atoms with Crippen molar-refractivity contribution in [1.29, 1.82) is 0 Å². The fourth-order valence-corrected chi connectivity index (χ4v) is 2.83. The van der Waals surface area contributed by atoms with Crippen molar-refractivity contribution in [1.82, 2.24) is 15.1 Å². The van der Waals surface area contributed by atoms with E-state index in [0.717, 1.165) is 4.90 Å². The van der Waals surface area contributed by atoms with Crippen LogP contribution < -0.4 is 4.90 Å². The molecule has 3 amide bonds. The number of hydrogen-bond acceptors (Lipinski definition) is 7. The molecule has 0 aromatic carbocycles. The average molecular weight is 326 g/mol. The van der Waals surface area contributed by atoms with Crippen LogP contribution in [0.3, 0.4) is 0 Å². The van der Waals surface area contributed by atoms with Gasteiger partial charge in [0.05, 0.1) is 0 Å². The molecule has 1 aromatic heterocycles. The second kappa shape index (κ2) is 5.64. The predicted octanol–water partition coefficient (Wildman–Crippen LogP) is 1.51. The van der Waals surface area contributed by atoms with Crippen LogP contribution in [-0.4, -0.2) is 45.8 Å². The van der Waals surface area contributed by atoms with Crippen molar-refractivity contribution in [2.45, 2.75) is 46.3 Å². The van der Waals surface area contributed by atoms with Crippen molar-refractivity contribution in [3.8, 4) is 0 Å². The third kappa shape index (κ3) is 2.80. The fraction of sp³-hybridized carbons (Fsp3) is 0.615. The van der Waals surface area contributed by atoms with Crippen molar-refractivity contribution >= 4 is 34.4 Å². The molecule has 1 saturated heterocycles. The van der Waals surface area contributed by atoms with Crippen molar-refractivity contribution in [2.75, 3.05) is 11.4 Å². The molecule has 1 fully saturated rings. The first-order valence-corrected chi connectivity index (χ1v) is 7.64. The Morgan fingerprint density at radius 3 is 2.41 bits per heavy atom. The summed E-state index contributed by atoms with van der Waals surface area (Å²) in [5, 5.41) is 8.87. The van der Waals surface area contributed by atoms with Gasteiger partial charge in [-0.2, -0.15) is 4.90 Å². The Hall–Kier alpha value is -2.03. The minimum atomic E-state index is -1.24. The van der Waals surface area contributed by atoms with Gasteiger partial charge in [0.25, 0.3) is 12.1 Å². The Morgan fingerprint density at radius 2 is 1.95 bits per heavy atom. The molecule has 1 aromatic rings. The highest BCUT2D eigenvalue weighted by atomic mass is 32.1. The van der Waals surface area contributed by atoms with Gasteiger partial charge in [-0.1, -0.05) is 32.1 Å². The van der Waals surface area contributed by atoms with E-state index in [-0.39, 0.29) is 17.1 Å². The summed E-state index contributed by atoms with van der Waals surface area (Å²) < 4.78 is 4.95. The quantitative estimate of drug-likeness (QED) is 0.617. The van der Waals surface area contributed by atoms with Crippen molar-refractivity contribution in [2.24, 2.45) is 0 Å². The number of amides is 3. The van der Waals surface area contributed by atoms with E-state index in [0.29, 0.717) is 5.01 Å². The SMILES string of the molecule is CCN1C(=O)N(c2nnc(C(C)(C)C)s2)C(=O)C1OC(C)=O. The first-order chi connectivity index (χ1) is 10.2. The molecule has 22 heavy (non-hydrogen) atoms. The molecular weight excluding hydrogens is 308 g/mol. The highest BCUT2D eigenvalue weighted by Crippen LogP contribution is 2.33. The second-order valence-electron chi connectivity index (χ2n) is 5.84. The van der Waals surface area contributed by atoms with E-state index in [1.165, 1.54) is 23.2 Å². The van der Waals surface area contributed by atoms with Gasteiger partial charge in [-0.25, -0.2) is 4.79 Å². The van der Waals surface area contributed by atoms with Crippen LogP contribution in [0, 0.1) is 0 Å². The van der Waals surface area contributed by atoms with Gasteiger partial charge in [-0.05, 0) is 6.92 Å². The summed E-state index contributed by atoms with van der Waals surface area (Å²) in [4.78, 5) is 38.0. The molecule has 2 rings (SSSR count). The van der Waals surface area contributed by atoms with Gasteiger partial charge in [-0.15, -0.1) is 10.2 Å². The zero-order valence-electron chi connectivity index (χ0n) is 13.1. The van der Waals surface area contributed by atoms with E-state index >= 15 is 0 Å². The third-order valence-corrected chi connectivity index (χ3v) is 4.35. The Kier molecular flexibility index (Phi) is 4.19. The summed E-state index contributed by atoms with van der Waals surface area (Å²) in [7, 11) is 0. The van der Waals surface area contributed by atoms with E-state index in [1.54, 1.807) is 6.92 Å². The van der Waals surface area contributed by atoms with Gasteiger partial charge in [-0.3, -0.25) is 14.5 Å². The van der Waals surface area contributed by atoms with Gasteiger partial charge in [0, 0.05) is 18.9 Å². The molecule has 1 aliphatic rings. The molecule has 0 N–H and O–H groups in total. The molecule has 0 aliphatic carbocycles. The molecule has 1 aliphatic heterocycles. The van der Waals surface area contributed by atoms with Crippen LogP contribution in [0.5, 0.6) is 0 Å². The Labute approximate surface area is 132 Å². The van der Waals surface area contributed by atoms with Crippen molar-refractivity contribution in [3.63, 3.8) is 0 Å². The number of anilines is 1. The number of imide groups is 1. The number of esters is 1. The van der Waals surface area contributed by atoms with E-state index in [4.69, 9.17) is 4.74 Å². The van der Waals surface area contributed by atoms with E-state index in [2.05, 4.69) is 10.2 Å². The third-order valence-electron chi connectivity index (χ3n) is 3.02. The number of aromatic nitrogens is 2. The van der Waals surface area contributed by atoms with Gasteiger partial charge in [0.1, 0.15) is 5.01 Å². The van der Waals surface area contributed by atoms with Gasteiger partial charge >= 0.3 is 12.0 Å². The number of rotatable bonds is 3. The summed E-state index contributed by atoms with van der Waals surface area (Å²) in [6.45, 7) is 9.02. The summed E-state index contributed by atoms with van der Waals surface area (Å²) in [6, 6.07) is -0.560. The van der Waals surface area contributed by atoms with Crippen LogP contribution in [0.1, 0.15) is 39.6 Å². The highest BCUT2D eigenvalue weighted by molar-refractivity contribution is 7.15. The number of carbonyl (C=O) groups is 3. The number of ether oxygens (including phenoxy) is 1. The Morgan fingerprint density at radius 1 is 1.32 bits per heavy atom. The molecule has 0 spiro atoms. The van der Waals surface area contributed by atoms with Crippen LogP contribution >= 0.6 is 11.3 Å². The first kappa shape index (κ1) is 16.3. The van der Waals surface area contributed by atoms with Crippen LogP contribution in [0.4, 0.5) is 9.93 Å². The average Bonchev–Trinajstić information content (AvgIpc) is 2.94. The molecular formula is C13H18N4O4S. The molecule has 9 heteroatoms. The standard InChI is InChI=1S/C13H18N4O4S/c1-6-16-9(21-7(2)18)8(19)17(12(16)20)11-15-14-10(22-11)13(3,4)5/h9H,6H2,1-5H3. The van der Waals surface area contributed by atoms with Gasteiger partial charge in [0.15, 0.2) is 0 Å². The van der Waals surface area contributed by atoms with Gasteiger partial charge < -0.3 is 4.74 Å². The maximum atomic E-state index is 12.4. The lowest BCUT2D eigenvalue weighted by molar-refractivity contribution is -0.158.